The van der Waals surface area contributed by atoms with Gasteiger partial charge in [0.1, 0.15) is 5.75 Å². The second-order valence-corrected chi connectivity index (χ2v) is 8.87. The molecule has 4 nitrogen and oxygen atoms in total. The van der Waals surface area contributed by atoms with E-state index in [9.17, 15) is 0 Å². The molecule has 3 aromatic rings. The topological polar surface area (TPSA) is 46.2 Å². The van der Waals surface area contributed by atoms with Gasteiger partial charge in [0.15, 0.2) is 0 Å². The zero-order valence-electron chi connectivity index (χ0n) is 16.9. The molecule has 1 fully saturated rings. The lowest BCUT2D eigenvalue weighted by atomic mass is 9.92. The quantitative estimate of drug-likeness (QED) is 0.616. The smallest absolute Gasteiger partial charge is 0.124 e. The fourth-order valence-corrected chi connectivity index (χ4v) is 4.93. The first-order valence-corrected chi connectivity index (χ1v) is 11.0. The van der Waals surface area contributed by atoms with Gasteiger partial charge in [-0.25, -0.2) is 4.98 Å². The van der Waals surface area contributed by atoms with Crippen LogP contribution in [0.2, 0.25) is 0 Å². The fourth-order valence-electron chi connectivity index (χ4n) is 3.95. The highest BCUT2D eigenvalue weighted by atomic mass is 32.1. The van der Waals surface area contributed by atoms with Crippen LogP contribution in [0.5, 0.6) is 5.75 Å². The van der Waals surface area contributed by atoms with E-state index in [-0.39, 0.29) is 0 Å². The Morgan fingerprint density at radius 1 is 1.25 bits per heavy atom. The lowest BCUT2D eigenvalue weighted by Gasteiger charge is -2.34. The molecule has 1 aliphatic heterocycles. The van der Waals surface area contributed by atoms with Crippen molar-refractivity contribution < 1.29 is 4.74 Å². The highest BCUT2D eigenvalue weighted by Crippen LogP contribution is 2.33. The van der Waals surface area contributed by atoms with Crippen LogP contribution in [0.3, 0.4) is 0 Å². The molecule has 2 unspecified atom stereocenters. The number of ether oxygens (including phenoxy) is 1. The molecule has 0 saturated carbocycles. The van der Waals surface area contributed by atoms with Crippen LogP contribution in [0.15, 0.2) is 42.5 Å². The van der Waals surface area contributed by atoms with Crippen LogP contribution in [-0.4, -0.2) is 24.7 Å². The zero-order chi connectivity index (χ0) is 19.5. The maximum Gasteiger partial charge on any atom is 0.124 e. The van der Waals surface area contributed by atoms with Crippen LogP contribution < -0.4 is 15.4 Å². The molecule has 2 N–H and O–H groups in total. The molecule has 0 bridgehead atoms. The van der Waals surface area contributed by atoms with Gasteiger partial charge in [0.2, 0.25) is 0 Å². The Balaban J connectivity index is 1.55. The number of nitrogens with zero attached hydrogens (tertiary/aromatic N) is 1. The molecule has 28 heavy (non-hydrogen) atoms. The van der Waals surface area contributed by atoms with Crippen molar-refractivity contribution in [3.05, 3.63) is 58.6 Å². The van der Waals surface area contributed by atoms with E-state index in [0.29, 0.717) is 18.0 Å². The van der Waals surface area contributed by atoms with Crippen LogP contribution in [0.4, 0.5) is 0 Å². The number of aromatic nitrogens is 1. The Hall–Kier alpha value is -1.95. The third-order valence-electron chi connectivity index (χ3n) is 5.47. The molecule has 0 radical (unpaired) electrons. The highest BCUT2D eigenvalue weighted by Gasteiger charge is 2.26. The van der Waals surface area contributed by atoms with Gasteiger partial charge in [-0.1, -0.05) is 44.2 Å². The van der Waals surface area contributed by atoms with Crippen LogP contribution in [0.1, 0.15) is 54.8 Å². The van der Waals surface area contributed by atoms with Crippen LogP contribution in [-0.2, 0) is 6.54 Å². The maximum atomic E-state index is 5.70. The van der Waals surface area contributed by atoms with Crippen molar-refractivity contribution in [2.75, 3.05) is 13.7 Å². The number of hydrogen-bond acceptors (Lipinski definition) is 5. The number of nitrogens with one attached hydrogen (secondary N) is 2. The van der Waals surface area contributed by atoms with Gasteiger partial charge >= 0.3 is 0 Å². The van der Waals surface area contributed by atoms with E-state index in [2.05, 4.69) is 66.9 Å². The van der Waals surface area contributed by atoms with Crippen molar-refractivity contribution in [1.29, 1.82) is 0 Å². The first-order chi connectivity index (χ1) is 13.7. The fraction of sp³-hybridized carbons (Fsp3) is 0.435. The Morgan fingerprint density at radius 3 is 2.82 bits per heavy atom. The van der Waals surface area contributed by atoms with Crippen LogP contribution >= 0.6 is 11.3 Å². The minimum absolute atomic E-state index is 0.344. The summed E-state index contributed by atoms with van der Waals surface area (Å²) in [6, 6.07) is 15.8. The molecule has 2 aromatic carbocycles. The average molecular weight is 396 g/mol. The van der Waals surface area contributed by atoms with Gasteiger partial charge < -0.3 is 15.4 Å². The number of thiazole rings is 1. The number of rotatable bonds is 6. The lowest BCUT2D eigenvalue weighted by molar-refractivity contribution is 0.303. The van der Waals surface area contributed by atoms with E-state index in [1.54, 1.807) is 18.4 Å². The van der Waals surface area contributed by atoms with E-state index < -0.39 is 0 Å². The molecule has 5 heteroatoms. The van der Waals surface area contributed by atoms with Gasteiger partial charge in [-0.3, -0.25) is 0 Å². The second kappa shape index (κ2) is 8.60. The Labute approximate surface area is 171 Å². The molecule has 1 aliphatic rings. The summed E-state index contributed by atoms with van der Waals surface area (Å²) in [7, 11) is 1.75. The van der Waals surface area contributed by atoms with Crippen molar-refractivity contribution in [2.24, 2.45) is 0 Å². The summed E-state index contributed by atoms with van der Waals surface area (Å²) in [5.74, 6) is 1.39. The van der Waals surface area contributed by atoms with Crippen molar-refractivity contribution in [2.45, 2.75) is 51.2 Å². The molecule has 1 aromatic heterocycles. The molecule has 2 atom stereocenters. The van der Waals surface area contributed by atoms with E-state index in [1.807, 2.05) is 0 Å². The third-order valence-corrected chi connectivity index (χ3v) is 6.79. The SMILES string of the molecule is COc1cc2sc(C(C)C)nc2cc1CNC1CCCNC1c1ccccc1. The minimum Gasteiger partial charge on any atom is -0.496 e. The van der Waals surface area contributed by atoms with Gasteiger partial charge in [0.05, 0.1) is 22.3 Å². The largest absolute Gasteiger partial charge is 0.496 e. The molecule has 0 spiro atoms. The predicted octanol–water partition coefficient (Wildman–Crippen LogP) is 5.01. The molecule has 148 valence electrons. The Kier molecular flexibility index (Phi) is 5.95. The highest BCUT2D eigenvalue weighted by molar-refractivity contribution is 7.18. The van der Waals surface area contributed by atoms with Crippen molar-refractivity contribution >= 4 is 21.6 Å². The molecular weight excluding hydrogens is 366 g/mol. The average Bonchev–Trinajstić information content (AvgIpc) is 3.15. The molecule has 0 aliphatic carbocycles. The standard InChI is InChI=1S/C23H29N3OS/c1-15(2)23-26-19-12-17(20(27-3)13-21(19)28-23)14-25-18-10-7-11-24-22(18)16-8-5-4-6-9-16/h4-6,8-9,12-13,15,18,22,24-25H,7,10-11,14H2,1-3H3. The number of methoxy groups -OCH3 is 1. The molecule has 4 rings (SSSR count). The first-order valence-electron chi connectivity index (χ1n) is 10.1. The van der Waals surface area contributed by atoms with Crippen LogP contribution in [0.25, 0.3) is 10.2 Å². The summed E-state index contributed by atoms with van der Waals surface area (Å²) in [5.41, 5.74) is 3.60. The monoisotopic (exact) mass is 395 g/mol. The van der Waals surface area contributed by atoms with Crippen molar-refractivity contribution in [1.82, 2.24) is 15.6 Å². The minimum atomic E-state index is 0.344. The van der Waals surface area contributed by atoms with Gasteiger partial charge in [-0.15, -0.1) is 11.3 Å². The third kappa shape index (κ3) is 4.07. The summed E-state index contributed by atoms with van der Waals surface area (Å²) in [4.78, 5) is 4.83. The van der Waals surface area contributed by atoms with Gasteiger partial charge in [0.25, 0.3) is 0 Å². The summed E-state index contributed by atoms with van der Waals surface area (Å²) in [6.07, 6.45) is 2.37. The second-order valence-electron chi connectivity index (χ2n) is 7.81. The number of fused-ring (bicyclic) bond motifs is 1. The predicted molar refractivity (Wildman–Crippen MR) is 117 cm³/mol. The summed E-state index contributed by atoms with van der Waals surface area (Å²) in [5, 5.41) is 8.66. The lowest BCUT2D eigenvalue weighted by Crippen LogP contribution is -2.45. The normalized spacial score (nSPS) is 20.0. The van der Waals surface area contributed by atoms with E-state index >= 15 is 0 Å². The maximum absolute atomic E-state index is 5.70. The molecular formula is C23H29N3OS. The Morgan fingerprint density at radius 2 is 2.07 bits per heavy atom. The number of hydrogen-bond donors (Lipinski definition) is 2. The summed E-state index contributed by atoms with van der Waals surface area (Å²) < 4.78 is 6.90. The Bertz CT molecular complexity index is 922. The molecule has 2 heterocycles. The van der Waals surface area contributed by atoms with Gasteiger partial charge in [0, 0.05) is 30.1 Å². The first kappa shape index (κ1) is 19.4. The van der Waals surface area contributed by atoms with Crippen molar-refractivity contribution in [3.8, 4) is 5.75 Å². The van der Waals surface area contributed by atoms with Gasteiger partial charge in [-0.2, -0.15) is 0 Å². The van der Waals surface area contributed by atoms with E-state index in [0.717, 1.165) is 24.4 Å². The summed E-state index contributed by atoms with van der Waals surface area (Å²) >= 11 is 1.77. The number of benzene rings is 2. The van der Waals surface area contributed by atoms with Crippen molar-refractivity contribution in [3.63, 3.8) is 0 Å². The molecule has 0 amide bonds. The molecule has 1 saturated heterocycles. The number of piperidine rings is 1. The van der Waals surface area contributed by atoms with E-state index in [4.69, 9.17) is 9.72 Å². The zero-order valence-corrected chi connectivity index (χ0v) is 17.7. The van der Waals surface area contributed by atoms with Crippen LogP contribution in [0, 0.1) is 0 Å². The van der Waals surface area contributed by atoms with Gasteiger partial charge in [-0.05, 0) is 37.1 Å². The van der Waals surface area contributed by atoms with E-state index in [1.165, 1.54) is 33.7 Å². The summed E-state index contributed by atoms with van der Waals surface area (Å²) in [6.45, 7) is 6.24.